The van der Waals surface area contributed by atoms with E-state index in [4.69, 9.17) is 5.73 Å². The first-order valence-electron chi connectivity index (χ1n) is 6.32. The highest BCUT2D eigenvalue weighted by molar-refractivity contribution is 5.26. The van der Waals surface area contributed by atoms with E-state index in [1.54, 1.807) is 6.07 Å². The first-order valence-corrected chi connectivity index (χ1v) is 6.32. The standard InChI is InChI=1S/C14H24N2O/c1-12(2)10-16(8-4-7-15)11-13-5-3-6-14(17)9-13/h3,5-6,9,12,17H,4,7-8,10-11,15H2,1-2H3. The number of nitrogens with zero attached hydrogens (tertiary/aromatic N) is 1. The molecule has 0 unspecified atom stereocenters. The molecule has 1 aromatic carbocycles. The normalized spacial score (nSPS) is 11.4. The first kappa shape index (κ1) is 14.0. The summed E-state index contributed by atoms with van der Waals surface area (Å²) in [5.74, 6) is 0.982. The van der Waals surface area contributed by atoms with Gasteiger partial charge in [0, 0.05) is 13.1 Å². The Morgan fingerprint density at radius 3 is 2.71 bits per heavy atom. The fourth-order valence-corrected chi connectivity index (χ4v) is 1.98. The number of phenols is 1. The molecule has 0 aliphatic heterocycles. The summed E-state index contributed by atoms with van der Waals surface area (Å²) in [4.78, 5) is 2.40. The van der Waals surface area contributed by atoms with Gasteiger partial charge in [-0.05, 0) is 43.1 Å². The van der Waals surface area contributed by atoms with Crippen LogP contribution in [-0.2, 0) is 6.54 Å². The van der Waals surface area contributed by atoms with Crippen LogP contribution in [-0.4, -0.2) is 29.6 Å². The highest BCUT2D eigenvalue weighted by Crippen LogP contribution is 2.14. The first-order chi connectivity index (χ1) is 8.11. The van der Waals surface area contributed by atoms with Gasteiger partial charge < -0.3 is 10.8 Å². The van der Waals surface area contributed by atoms with Gasteiger partial charge in [-0.2, -0.15) is 0 Å². The Labute approximate surface area is 104 Å². The Bertz CT molecular complexity index is 326. The van der Waals surface area contributed by atoms with Gasteiger partial charge in [0.15, 0.2) is 0 Å². The zero-order chi connectivity index (χ0) is 12.7. The average molecular weight is 236 g/mol. The van der Waals surface area contributed by atoms with E-state index in [2.05, 4.69) is 24.8 Å². The topological polar surface area (TPSA) is 49.5 Å². The van der Waals surface area contributed by atoms with Crippen molar-refractivity contribution in [3.8, 4) is 5.75 Å². The molecule has 1 aromatic rings. The van der Waals surface area contributed by atoms with Crippen molar-refractivity contribution >= 4 is 0 Å². The second-order valence-corrected chi connectivity index (χ2v) is 4.94. The Hall–Kier alpha value is -1.06. The quantitative estimate of drug-likeness (QED) is 0.763. The van der Waals surface area contributed by atoms with Crippen molar-refractivity contribution in [1.29, 1.82) is 0 Å². The van der Waals surface area contributed by atoms with E-state index >= 15 is 0 Å². The van der Waals surface area contributed by atoms with Crippen LogP contribution in [0, 0.1) is 5.92 Å². The fourth-order valence-electron chi connectivity index (χ4n) is 1.98. The van der Waals surface area contributed by atoms with Crippen molar-refractivity contribution in [3.05, 3.63) is 29.8 Å². The molecule has 0 saturated heterocycles. The number of rotatable bonds is 7. The number of aromatic hydroxyl groups is 1. The van der Waals surface area contributed by atoms with Gasteiger partial charge in [-0.3, -0.25) is 4.90 Å². The van der Waals surface area contributed by atoms with E-state index in [0.29, 0.717) is 11.7 Å². The molecule has 0 aromatic heterocycles. The molecule has 3 nitrogen and oxygen atoms in total. The maximum absolute atomic E-state index is 9.45. The third-order valence-corrected chi connectivity index (χ3v) is 2.62. The summed E-state index contributed by atoms with van der Waals surface area (Å²) in [6.07, 6.45) is 1.02. The zero-order valence-electron chi connectivity index (χ0n) is 10.9. The summed E-state index contributed by atoms with van der Waals surface area (Å²) >= 11 is 0. The van der Waals surface area contributed by atoms with Crippen molar-refractivity contribution < 1.29 is 5.11 Å². The molecule has 0 heterocycles. The van der Waals surface area contributed by atoms with Crippen LogP contribution in [0.25, 0.3) is 0 Å². The molecule has 0 radical (unpaired) electrons. The lowest BCUT2D eigenvalue weighted by Crippen LogP contribution is -2.29. The lowest BCUT2D eigenvalue weighted by Gasteiger charge is -2.24. The smallest absolute Gasteiger partial charge is 0.115 e. The SMILES string of the molecule is CC(C)CN(CCCN)Cc1cccc(O)c1. The predicted octanol–water partition coefficient (Wildman–Crippen LogP) is 2.20. The minimum absolute atomic E-state index is 0.339. The zero-order valence-corrected chi connectivity index (χ0v) is 10.9. The van der Waals surface area contributed by atoms with Crippen LogP contribution in [0.3, 0.4) is 0 Å². The Morgan fingerprint density at radius 1 is 1.35 bits per heavy atom. The minimum atomic E-state index is 0.339. The lowest BCUT2D eigenvalue weighted by molar-refractivity contribution is 0.234. The molecule has 3 heteroatoms. The lowest BCUT2D eigenvalue weighted by atomic mass is 10.1. The fraction of sp³-hybridized carbons (Fsp3) is 0.571. The van der Waals surface area contributed by atoms with Crippen LogP contribution in [0.5, 0.6) is 5.75 Å². The van der Waals surface area contributed by atoms with Gasteiger partial charge in [0.25, 0.3) is 0 Å². The van der Waals surface area contributed by atoms with E-state index in [0.717, 1.165) is 38.2 Å². The summed E-state index contributed by atoms with van der Waals surface area (Å²) in [7, 11) is 0. The molecule has 0 fully saturated rings. The summed E-state index contributed by atoms with van der Waals surface area (Å²) in [5, 5.41) is 9.45. The molecule has 0 atom stereocenters. The number of benzene rings is 1. The van der Waals surface area contributed by atoms with Gasteiger partial charge in [-0.15, -0.1) is 0 Å². The van der Waals surface area contributed by atoms with E-state index in [1.165, 1.54) is 0 Å². The summed E-state index contributed by atoms with van der Waals surface area (Å²) in [6.45, 7) is 8.14. The molecule has 1 rings (SSSR count). The third-order valence-electron chi connectivity index (χ3n) is 2.62. The van der Waals surface area contributed by atoms with Crippen LogP contribution in [0.1, 0.15) is 25.8 Å². The molecule has 0 saturated carbocycles. The van der Waals surface area contributed by atoms with Gasteiger partial charge in [-0.1, -0.05) is 26.0 Å². The molecule has 17 heavy (non-hydrogen) atoms. The van der Waals surface area contributed by atoms with Crippen LogP contribution in [0.2, 0.25) is 0 Å². The third kappa shape index (κ3) is 5.71. The molecule has 0 spiro atoms. The Balaban J connectivity index is 2.58. The number of hydrogen-bond acceptors (Lipinski definition) is 3. The van der Waals surface area contributed by atoms with Gasteiger partial charge in [0.1, 0.15) is 5.75 Å². The maximum atomic E-state index is 9.45. The van der Waals surface area contributed by atoms with Crippen LogP contribution in [0.15, 0.2) is 24.3 Å². The predicted molar refractivity (Wildman–Crippen MR) is 71.9 cm³/mol. The highest BCUT2D eigenvalue weighted by Gasteiger charge is 2.08. The molecule has 3 N–H and O–H groups in total. The van der Waals surface area contributed by atoms with Gasteiger partial charge in [0.05, 0.1) is 0 Å². The summed E-state index contributed by atoms with van der Waals surface area (Å²) < 4.78 is 0. The summed E-state index contributed by atoms with van der Waals surface area (Å²) in [5.41, 5.74) is 6.71. The number of nitrogens with two attached hydrogens (primary N) is 1. The van der Waals surface area contributed by atoms with E-state index < -0.39 is 0 Å². The van der Waals surface area contributed by atoms with Crippen LogP contribution >= 0.6 is 0 Å². The Morgan fingerprint density at radius 2 is 2.12 bits per heavy atom. The molecule has 0 aliphatic carbocycles. The summed E-state index contributed by atoms with van der Waals surface area (Å²) in [6, 6.07) is 7.47. The van der Waals surface area contributed by atoms with E-state index in [1.807, 2.05) is 12.1 Å². The van der Waals surface area contributed by atoms with Gasteiger partial charge in [-0.25, -0.2) is 0 Å². The highest BCUT2D eigenvalue weighted by atomic mass is 16.3. The van der Waals surface area contributed by atoms with E-state index in [9.17, 15) is 5.11 Å². The average Bonchev–Trinajstić information content (AvgIpc) is 2.25. The van der Waals surface area contributed by atoms with Crippen molar-refractivity contribution in [2.24, 2.45) is 11.7 Å². The minimum Gasteiger partial charge on any atom is -0.508 e. The molecule has 0 amide bonds. The number of phenolic OH excluding ortho intramolecular Hbond substituents is 1. The van der Waals surface area contributed by atoms with Crippen molar-refractivity contribution in [2.45, 2.75) is 26.8 Å². The van der Waals surface area contributed by atoms with Crippen LogP contribution < -0.4 is 5.73 Å². The van der Waals surface area contributed by atoms with E-state index in [-0.39, 0.29) is 0 Å². The monoisotopic (exact) mass is 236 g/mol. The van der Waals surface area contributed by atoms with Crippen molar-refractivity contribution in [1.82, 2.24) is 4.90 Å². The molecule has 0 aliphatic rings. The van der Waals surface area contributed by atoms with Gasteiger partial charge >= 0.3 is 0 Å². The second kappa shape index (κ2) is 7.30. The molecular weight excluding hydrogens is 212 g/mol. The Kier molecular flexibility index (Phi) is 6.01. The number of hydrogen-bond donors (Lipinski definition) is 2. The molecule has 0 bridgehead atoms. The maximum Gasteiger partial charge on any atom is 0.115 e. The van der Waals surface area contributed by atoms with Gasteiger partial charge in [0.2, 0.25) is 0 Å². The second-order valence-electron chi connectivity index (χ2n) is 4.94. The molecular formula is C14H24N2O. The van der Waals surface area contributed by atoms with Crippen molar-refractivity contribution in [2.75, 3.05) is 19.6 Å². The van der Waals surface area contributed by atoms with Crippen LogP contribution in [0.4, 0.5) is 0 Å². The van der Waals surface area contributed by atoms with Crippen molar-refractivity contribution in [3.63, 3.8) is 0 Å². The molecule has 96 valence electrons. The largest absolute Gasteiger partial charge is 0.508 e.